The molecule has 0 radical (unpaired) electrons. The third kappa shape index (κ3) is 1.99. The summed E-state index contributed by atoms with van der Waals surface area (Å²) in [6.07, 6.45) is -2.48. The molecule has 1 rings (SSSR count). The second-order valence-corrected chi connectivity index (χ2v) is 3.67. The van der Waals surface area contributed by atoms with E-state index in [0.717, 1.165) is 11.3 Å². The predicted molar refractivity (Wildman–Crippen MR) is 52.1 cm³/mol. The van der Waals surface area contributed by atoms with E-state index in [1.807, 2.05) is 0 Å². The van der Waals surface area contributed by atoms with Crippen LogP contribution in [0.2, 0.25) is 0 Å². The Morgan fingerprint density at radius 3 is 2.64 bits per heavy atom. The van der Waals surface area contributed by atoms with Crippen molar-refractivity contribution in [2.45, 2.75) is 13.3 Å². The lowest BCUT2D eigenvalue weighted by Gasteiger charge is -2.01. The lowest BCUT2D eigenvalue weighted by atomic mass is 10.2. The molecule has 0 saturated carbocycles. The maximum absolute atomic E-state index is 12.3. The first kappa shape index (κ1) is 10.9. The topological polar surface area (TPSA) is 76.4 Å². The molecule has 0 aliphatic carbocycles. The van der Waals surface area contributed by atoms with Crippen molar-refractivity contribution in [1.82, 2.24) is 5.43 Å². The van der Waals surface area contributed by atoms with Crippen molar-refractivity contribution in [3.05, 3.63) is 21.4 Å². The number of halogens is 2. The average molecular weight is 220 g/mol. The molecule has 0 amide bonds. The molecule has 0 aliphatic heterocycles. The van der Waals surface area contributed by atoms with Crippen LogP contribution in [0.15, 0.2) is 11.2 Å². The van der Waals surface area contributed by atoms with Crippen molar-refractivity contribution in [2.75, 3.05) is 0 Å². The zero-order chi connectivity index (χ0) is 10.7. The highest BCUT2D eigenvalue weighted by molar-refractivity contribution is 7.14. The molecule has 0 spiro atoms. The van der Waals surface area contributed by atoms with Crippen molar-refractivity contribution < 1.29 is 8.78 Å². The second-order valence-electron chi connectivity index (χ2n) is 2.58. The molecule has 0 unspecified atom stereocenters. The van der Waals surface area contributed by atoms with Crippen molar-refractivity contribution >= 4 is 17.2 Å². The van der Waals surface area contributed by atoms with Crippen molar-refractivity contribution in [3.63, 3.8) is 0 Å². The van der Waals surface area contributed by atoms with Crippen LogP contribution in [0.4, 0.5) is 8.78 Å². The molecular formula is C7H10F2N4S. The fourth-order valence-electron chi connectivity index (χ4n) is 1.01. The highest BCUT2D eigenvalue weighted by atomic mass is 32.1. The zero-order valence-corrected chi connectivity index (χ0v) is 8.24. The minimum Gasteiger partial charge on any atom is -0.321 e. The molecule has 0 fully saturated rings. The molecule has 7 heteroatoms. The van der Waals surface area contributed by atoms with Gasteiger partial charge >= 0.3 is 0 Å². The molecule has 78 valence electrons. The van der Waals surface area contributed by atoms with E-state index in [-0.39, 0.29) is 10.7 Å². The number of rotatable bonds is 2. The fraction of sp³-hybridized carbons (Fsp3) is 0.286. The van der Waals surface area contributed by atoms with Crippen molar-refractivity contribution in [3.8, 4) is 0 Å². The molecule has 0 saturated heterocycles. The Balaban J connectivity index is 3.10. The average Bonchev–Trinajstić information content (AvgIpc) is 2.51. The Labute approximate surface area is 83.6 Å². The van der Waals surface area contributed by atoms with Crippen LogP contribution in [0, 0.1) is 6.92 Å². The molecule has 0 atom stereocenters. The van der Waals surface area contributed by atoms with Crippen LogP contribution < -0.4 is 17.1 Å². The smallest absolute Gasteiger partial charge is 0.272 e. The van der Waals surface area contributed by atoms with Crippen molar-refractivity contribution in [1.29, 1.82) is 0 Å². The first-order valence-electron chi connectivity index (χ1n) is 3.73. The van der Waals surface area contributed by atoms with Gasteiger partial charge in [-0.25, -0.2) is 14.6 Å². The Bertz CT molecular complexity index is 347. The van der Waals surface area contributed by atoms with E-state index >= 15 is 0 Å². The standard InChI is InChI=1S/C7H10F2N4S/c1-3-2-4(6(8)9)14-5(3)7(12-10)13-11/h2,6H,10-11H2,1H3,(H,12,13). The number of aryl methyl sites for hydroxylation is 1. The van der Waals surface area contributed by atoms with Gasteiger partial charge in [-0.2, -0.15) is 5.10 Å². The summed E-state index contributed by atoms with van der Waals surface area (Å²) >= 11 is 0.922. The highest BCUT2D eigenvalue weighted by Crippen LogP contribution is 2.29. The number of hydrogen-bond acceptors (Lipinski definition) is 4. The van der Waals surface area contributed by atoms with E-state index < -0.39 is 6.43 Å². The lowest BCUT2D eigenvalue weighted by molar-refractivity contribution is 0.155. The SMILES string of the molecule is Cc1cc(C(F)F)sc1/C(=N/N)NN. The molecule has 1 aromatic heterocycles. The molecule has 14 heavy (non-hydrogen) atoms. The lowest BCUT2D eigenvalue weighted by Crippen LogP contribution is -2.31. The Hall–Kier alpha value is -1.21. The predicted octanol–water partition coefficient (Wildman–Crippen LogP) is 1.08. The summed E-state index contributed by atoms with van der Waals surface area (Å²) in [6.45, 7) is 1.69. The number of hydrazone groups is 1. The number of nitrogens with two attached hydrogens (primary N) is 2. The summed E-state index contributed by atoms with van der Waals surface area (Å²) < 4.78 is 24.6. The van der Waals surface area contributed by atoms with Crippen LogP contribution >= 0.6 is 11.3 Å². The van der Waals surface area contributed by atoms with Crippen LogP contribution in [0.1, 0.15) is 21.7 Å². The minimum atomic E-state index is -2.48. The molecule has 0 aliphatic rings. The van der Waals surface area contributed by atoms with E-state index in [0.29, 0.717) is 10.4 Å². The summed E-state index contributed by atoms with van der Waals surface area (Å²) in [6, 6.07) is 1.40. The van der Waals surface area contributed by atoms with E-state index in [1.54, 1.807) is 6.92 Å². The second kappa shape index (κ2) is 4.34. The van der Waals surface area contributed by atoms with Crippen LogP contribution in [-0.2, 0) is 0 Å². The Morgan fingerprint density at radius 2 is 2.29 bits per heavy atom. The van der Waals surface area contributed by atoms with Gasteiger partial charge in [-0.1, -0.05) is 0 Å². The van der Waals surface area contributed by atoms with Crippen LogP contribution in [0.5, 0.6) is 0 Å². The molecule has 5 N–H and O–H groups in total. The zero-order valence-electron chi connectivity index (χ0n) is 7.42. The summed E-state index contributed by atoms with van der Waals surface area (Å²) in [5.41, 5.74) is 2.93. The van der Waals surface area contributed by atoms with E-state index in [2.05, 4.69) is 10.5 Å². The summed E-state index contributed by atoms with van der Waals surface area (Å²) in [7, 11) is 0. The normalized spacial score (nSPS) is 12.2. The maximum Gasteiger partial charge on any atom is 0.272 e. The first-order chi connectivity index (χ1) is 6.60. The quantitative estimate of drug-likeness (QED) is 0.302. The Kier molecular flexibility index (Phi) is 3.37. The van der Waals surface area contributed by atoms with Crippen LogP contribution in [0.3, 0.4) is 0 Å². The van der Waals surface area contributed by atoms with Crippen molar-refractivity contribution in [2.24, 2.45) is 16.8 Å². The molecule has 0 bridgehead atoms. The van der Waals surface area contributed by atoms with E-state index in [9.17, 15) is 8.78 Å². The third-order valence-electron chi connectivity index (χ3n) is 1.63. The van der Waals surface area contributed by atoms with Gasteiger partial charge in [0.25, 0.3) is 6.43 Å². The van der Waals surface area contributed by atoms with Gasteiger partial charge in [0.15, 0.2) is 5.84 Å². The number of nitrogens with one attached hydrogen (secondary N) is 1. The van der Waals surface area contributed by atoms with Gasteiger partial charge < -0.3 is 11.3 Å². The number of thiophene rings is 1. The maximum atomic E-state index is 12.3. The number of amidine groups is 1. The van der Waals surface area contributed by atoms with Crippen LogP contribution in [0.25, 0.3) is 0 Å². The van der Waals surface area contributed by atoms with Gasteiger partial charge in [0.1, 0.15) is 0 Å². The summed E-state index contributed by atoms with van der Waals surface area (Å²) in [5.74, 6) is 10.4. The van der Waals surface area contributed by atoms with Gasteiger partial charge in [0.05, 0.1) is 9.75 Å². The number of hydrogen-bond donors (Lipinski definition) is 3. The minimum absolute atomic E-state index is 0.0195. The monoisotopic (exact) mass is 220 g/mol. The highest BCUT2D eigenvalue weighted by Gasteiger charge is 2.16. The number of hydrazine groups is 1. The summed E-state index contributed by atoms with van der Waals surface area (Å²) in [4.78, 5) is 0.513. The van der Waals surface area contributed by atoms with Gasteiger partial charge in [-0.15, -0.1) is 11.3 Å². The van der Waals surface area contributed by atoms with Crippen LogP contribution in [-0.4, -0.2) is 5.84 Å². The Morgan fingerprint density at radius 1 is 1.64 bits per heavy atom. The summed E-state index contributed by atoms with van der Waals surface area (Å²) in [5, 5.41) is 3.36. The molecule has 1 heterocycles. The van der Waals surface area contributed by atoms with Gasteiger partial charge in [-0.3, -0.25) is 0 Å². The largest absolute Gasteiger partial charge is 0.321 e. The van der Waals surface area contributed by atoms with Gasteiger partial charge in [0.2, 0.25) is 0 Å². The first-order valence-corrected chi connectivity index (χ1v) is 4.55. The molecule has 0 aromatic carbocycles. The van der Waals surface area contributed by atoms with E-state index in [4.69, 9.17) is 11.7 Å². The molecule has 4 nitrogen and oxygen atoms in total. The number of nitrogens with zero attached hydrogens (tertiary/aromatic N) is 1. The van der Waals surface area contributed by atoms with Gasteiger partial charge in [-0.05, 0) is 18.6 Å². The number of alkyl halides is 2. The van der Waals surface area contributed by atoms with E-state index in [1.165, 1.54) is 6.07 Å². The molecular weight excluding hydrogens is 210 g/mol. The fourth-order valence-corrected chi connectivity index (χ4v) is 2.00. The van der Waals surface area contributed by atoms with Gasteiger partial charge in [0, 0.05) is 0 Å². The third-order valence-corrected chi connectivity index (χ3v) is 2.88. The molecule has 1 aromatic rings.